The smallest absolute Gasteiger partial charge is 0.352 e. The van der Waals surface area contributed by atoms with Crippen molar-refractivity contribution in [2.24, 2.45) is 5.73 Å². The number of carbonyl (C=O) groups is 1. The highest BCUT2D eigenvalue weighted by molar-refractivity contribution is 6.14. The Morgan fingerprint density at radius 2 is 2.00 bits per heavy atom. The van der Waals surface area contributed by atoms with Crippen LogP contribution in [0.4, 0.5) is 10.5 Å². The van der Waals surface area contributed by atoms with Gasteiger partial charge in [-0.05, 0) is 31.9 Å². The average Bonchev–Trinajstić information content (AvgIpc) is 2.30. The molecule has 0 radical (unpaired) electrons. The number of aryl methyl sites for hydroxylation is 2. The van der Waals surface area contributed by atoms with Crippen molar-refractivity contribution in [2.45, 2.75) is 20.8 Å². The van der Waals surface area contributed by atoms with Crippen LogP contribution in [0.5, 0.6) is 0 Å². The first kappa shape index (κ1) is 14.0. The quantitative estimate of drug-likeness (QED) is 0.433. The number of hydroxylamine groups is 1. The molecule has 0 bridgehead atoms. The van der Waals surface area contributed by atoms with Gasteiger partial charge in [-0.15, -0.1) is 0 Å². The third-order valence-corrected chi connectivity index (χ3v) is 2.41. The predicted octanol–water partition coefficient (Wildman–Crippen LogP) is 1.66. The standard InChI is InChI=1S/C12H18N4O2/c1-4-18-15-12(17)16(11(13)14)10-8(2)6-5-7-9(10)3/h5-7H,4H2,1-3H3,(H3,13,14)(H,15,17). The Kier molecular flexibility index (Phi) is 4.67. The van der Waals surface area contributed by atoms with Crippen LogP contribution in [0.1, 0.15) is 18.1 Å². The molecule has 6 nitrogen and oxygen atoms in total. The number of nitrogens with two attached hydrogens (primary N) is 1. The zero-order valence-electron chi connectivity index (χ0n) is 10.8. The summed E-state index contributed by atoms with van der Waals surface area (Å²) in [5, 5.41) is 7.54. The Bertz CT molecular complexity index is 439. The highest BCUT2D eigenvalue weighted by Crippen LogP contribution is 2.24. The van der Waals surface area contributed by atoms with Gasteiger partial charge in [0.2, 0.25) is 5.96 Å². The third kappa shape index (κ3) is 2.98. The van der Waals surface area contributed by atoms with E-state index in [1.165, 1.54) is 0 Å². The van der Waals surface area contributed by atoms with Gasteiger partial charge in [0.05, 0.1) is 12.3 Å². The average molecular weight is 250 g/mol. The van der Waals surface area contributed by atoms with Crippen LogP contribution in [0.15, 0.2) is 18.2 Å². The van der Waals surface area contributed by atoms with E-state index in [2.05, 4.69) is 5.48 Å². The lowest BCUT2D eigenvalue weighted by molar-refractivity contribution is 0.0743. The van der Waals surface area contributed by atoms with Gasteiger partial charge in [-0.1, -0.05) is 18.2 Å². The molecule has 0 heterocycles. The molecule has 0 aliphatic heterocycles. The molecule has 0 saturated carbocycles. The summed E-state index contributed by atoms with van der Waals surface area (Å²) in [6, 6.07) is 5.01. The second kappa shape index (κ2) is 6.02. The van der Waals surface area contributed by atoms with Crippen LogP contribution in [0.2, 0.25) is 0 Å². The van der Waals surface area contributed by atoms with Crippen LogP contribution in [0.3, 0.4) is 0 Å². The monoisotopic (exact) mass is 250 g/mol. The van der Waals surface area contributed by atoms with Gasteiger partial charge >= 0.3 is 6.03 Å². The van der Waals surface area contributed by atoms with Crippen LogP contribution in [-0.4, -0.2) is 18.6 Å². The number of rotatable bonds is 3. The number of para-hydroxylation sites is 1. The second-order valence-corrected chi connectivity index (χ2v) is 3.80. The van der Waals surface area contributed by atoms with Gasteiger partial charge in [0.25, 0.3) is 0 Å². The Balaban J connectivity index is 3.13. The molecule has 1 aromatic carbocycles. The molecule has 4 N–H and O–H groups in total. The Hall–Kier alpha value is -2.08. The topological polar surface area (TPSA) is 91.4 Å². The van der Waals surface area contributed by atoms with Crippen molar-refractivity contribution in [1.82, 2.24) is 5.48 Å². The number of benzene rings is 1. The first-order valence-corrected chi connectivity index (χ1v) is 5.61. The second-order valence-electron chi connectivity index (χ2n) is 3.80. The van der Waals surface area contributed by atoms with Crippen molar-refractivity contribution >= 4 is 17.7 Å². The van der Waals surface area contributed by atoms with Gasteiger partial charge in [-0.3, -0.25) is 10.2 Å². The van der Waals surface area contributed by atoms with Crippen LogP contribution >= 0.6 is 0 Å². The first-order chi connectivity index (χ1) is 8.49. The minimum absolute atomic E-state index is 0.338. The first-order valence-electron chi connectivity index (χ1n) is 5.61. The van der Waals surface area contributed by atoms with E-state index in [1.54, 1.807) is 6.92 Å². The van der Waals surface area contributed by atoms with E-state index in [1.807, 2.05) is 32.0 Å². The Morgan fingerprint density at radius 3 is 2.44 bits per heavy atom. The van der Waals surface area contributed by atoms with E-state index in [0.717, 1.165) is 16.0 Å². The number of nitrogens with one attached hydrogen (secondary N) is 2. The summed E-state index contributed by atoms with van der Waals surface area (Å²) in [6.45, 7) is 5.79. The van der Waals surface area contributed by atoms with E-state index >= 15 is 0 Å². The van der Waals surface area contributed by atoms with Gasteiger partial charge < -0.3 is 5.73 Å². The molecule has 2 amide bonds. The van der Waals surface area contributed by atoms with Crippen LogP contribution < -0.4 is 16.1 Å². The number of hydrogen-bond donors (Lipinski definition) is 3. The molecular weight excluding hydrogens is 232 g/mol. The molecule has 1 rings (SSSR count). The Labute approximate surface area is 106 Å². The number of carbonyl (C=O) groups excluding carboxylic acids is 1. The third-order valence-electron chi connectivity index (χ3n) is 2.41. The SMILES string of the molecule is CCONC(=O)N(C(=N)N)c1c(C)cccc1C. The molecule has 0 fully saturated rings. The summed E-state index contributed by atoms with van der Waals surface area (Å²) in [4.78, 5) is 17.8. The van der Waals surface area contributed by atoms with Gasteiger partial charge in [-0.25, -0.2) is 15.2 Å². The molecule has 0 spiro atoms. The van der Waals surface area contributed by atoms with Crippen LogP contribution in [0, 0.1) is 19.3 Å². The minimum Gasteiger partial charge on any atom is -0.369 e. The number of guanidine groups is 1. The molecule has 0 atom stereocenters. The highest BCUT2D eigenvalue weighted by Gasteiger charge is 2.22. The van der Waals surface area contributed by atoms with Crippen LogP contribution in [-0.2, 0) is 4.84 Å². The van der Waals surface area contributed by atoms with Crippen molar-refractivity contribution in [3.63, 3.8) is 0 Å². The molecule has 98 valence electrons. The van der Waals surface area contributed by atoms with Crippen molar-refractivity contribution in [1.29, 1.82) is 5.41 Å². The lowest BCUT2D eigenvalue weighted by Gasteiger charge is -2.24. The fourth-order valence-electron chi connectivity index (χ4n) is 1.67. The molecule has 1 aromatic rings. The fraction of sp³-hybridized carbons (Fsp3) is 0.333. The lowest BCUT2D eigenvalue weighted by atomic mass is 10.1. The molecule has 0 aliphatic carbocycles. The fourth-order valence-corrected chi connectivity index (χ4v) is 1.67. The van der Waals surface area contributed by atoms with E-state index in [4.69, 9.17) is 16.0 Å². The normalized spacial score (nSPS) is 9.94. The van der Waals surface area contributed by atoms with Gasteiger partial charge in [0.1, 0.15) is 0 Å². The summed E-state index contributed by atoms with van der Waals surface area (Å²) in [7, 11) is 0. The molecular formula is C12H18N4O2. The summed E-state index contributed by atoms with van der Waals surface area (Å²) in [5.41, 5.74) is 10.0. The molecule has 0 unspecified atom stereocenters. The minimum atomic E-state index is -0.582. The van der Waals surface area contributed by atoms with E-state index in [-0.39, 0.29) is 5.96 Å². The number of anilines is 1. The van der Waals surface area contributed by atoms with Crippen LogP contribution in [0.25, 0.3) is 0 Å². The number of urea groups is 1. The highest BCUT2D eigenvalue weighted by atomic mass is 16.7. The van der Waals surface area contributed by atoms with Gasteiger partial charge in [0.15, 0.2) is 0 Å². The van der Waals surface area contributed by atoms with Crippen molar-refractivity contribution < 1.29 is 9.63 Å². The molecule has 0 aromatic heterocycles. The largest absolute Gasteiger partial charge is 0.369 e. The zero-order valence-corrected chi connectivity index (χ0v) is 10.8. The van der Waals surface area contributed by atoms with Gasteiger partial charge in [0, 0.05) is 0 Å². The maximum absolute atomic E-state index is 11.9. The molecule has 0 aliphatic rings. The van der Waals surface area contributed by atoms with Crippen molar-refractivity contribution in [3.05, 3.63) is 29.3 Å². The summed E-state index contributed by atoms with van der Waals surface area (Å²) < 4.78 is 0. The maximum atomic E-state index is 11.9. The maximum Gasteiger partial charge on any atom is 0.352 e. The molecule has 6 heteroatoms. The van der Waals surface area contributed by atoms with Gasteiger partial charge in [-0.2, -0.15) is 0 Å². The van der Waals surface area contributed by atoms with Crippen molar-refractivity contribution in [2.75, 3.05) is 11.5 Å². The number of nitrogens with zero attached hydrogens (tertiary/aromatic N) is 1. The van der Waals surface area contributed by atoms with E-state index < -0.39 is 6.03 Å². The summed E-state index contributed by atoms with van der Waals surface area (Å²) in [6.07, 6.45) is 0. The molecule has 0 saturated heterocycles. The number of amides is 2. The van der Waals surface area contributed by atoms with E-state index in [9.17, 15) is 4.79 Å². The summed E-state index contributed by atoms with van der Waals surface area (Å²) in [5.74, 6) is -0.357. The van der Waals surface area contributed by atoms with E-state index in [0.29, 0.717) is 12.3 Å². The van der Waals surface area contributed by atoms with Crippen molar-refractivity contribution in [3.8, 4) is 0 Å². The Morgan fingerprint density at radius 1 is 1.44 bits per heavy atom. The zero-order chi connectivity index (χ0) is 13.7. The molecule has 18 heavy (non-hydrogen) atoms. The lowest BCUT2D eigenvalue weighted by Crippen LogP contribution is -2.47. The number of hydrogen-bond acceptors (Lipinski definition) is 3. The summed E-state index contributed by atoms with van der Waals surface area (Å²) >= 11 is 0. The predicted molar refractivity (Wildman–Crippen MR) is 70.5 cm³/mol.